The van der Waals surface area contributed by atoms with E-state index in [1.807, 2.05) is 0 Å². The molecule has 0 saturated carbocycles. The van der Waals surface area contributed by atoms with Crippen molar-refractivity contribution in [2.75, 3.05) is 9.80 Å². The molecular formula is C50H38N2. The van der Waals surface area contributed by atoms with E-state index in [-0.39, 0.29) is 0 Å². The van der Waals surface area contributed by atoms with Crippen LogP contribution >= 0.6 is 0 Å². The minimum Gasteiger partial charge on any atom is -0.336 e. The second-order valence-corrected chi connectivity index (χ2v) is 13.3. The Hall–Kier alpha value is -6.64. The molecule has 8 aromatic carbocycles. The molecule has 0 spiro atoms. The van der Waals surface area contributed by atoms with Gasteiger partial charge in [-0.3, -0.25) is 0 Å². The van der Waals surface area contributed by atoms with E-state index in [4.69, 9.17) is 0 Å². The van der Waals surface area contributed by atoms with Crippen LogP contribution in [0.15, 0.2) is 231 Å². The number of hydrogen-bond donors (Lipinski definition) is 0. The van der Waals surface area contributed by atoms with Gasteiger partial charge in [-0.2, -0.15) is 0 Å². The third-order valence-electron chi connectivity index (χ3n) is 10.5. The van der Waals surface area contributed by atoms with Gasteiger partial charge < -0.3 is 9.80 Å². The van der Waals surface area contributed by atoms with Gasteiger partial charge >= 0.3 is 0 Å². The molecule has 0 N–H and O–H groups in total. The zero-order valence-electron chi connectivity index (χ0n) is 28.8. The van der Waals surface area contributed by atoms with Crippen molar-refractivity contribution >= 4 is 22.7 Å². The van der Waals surface area contributed by atoms with Gasteiger partial charge in [-0.25, -0.2) is 0 Å². The lowest BCUT2D eigenvalue weighted by Gasteiger charge is -2.51. The molecule has 1 aliphatic heterocycles. The zero-order valence-corrected chi connectivity index (χ0v) is 28.8. The summed E-state index contributed by atoms with van der Waals surface area (Å²) >= 11 is 0. The summed E-state index contributed by atoms with van der Waals surface area (Å²) in [6.45, 7) is 0. The summed E-state index contributed by atoms with van der Waals surface area (Å²) in [7, 11) is 0. The van der Waals surface area contributed by atoms with Crippen molar-refractivity contribution in [2.24, 2.45) is 0 Å². The van der Waals surface area contributed by atoms with E-state index in [2.05, 4.69) is 240 Å². The third kappa shape index (κ3) is 4.87. The van der Waals surface area contributed by atoms with Crippen molar-refractivity contribution < 1.29 is 0 Å². The van der Waals surface area contributed by atoms with Crippen LogP contribution in [-0.2, 0) is 11.1 Å². The average molecular weight is 667 g/mol. The highest BCUT2D eigenvalue weighted by Gasteiger charge is 2.61. The normalized spacial score (nSPS) is 14.0. The van der Waals surface area contributed by atoms with Crippen molar-refractivity contribution in [3.05, 3.63) is 264 Å². The van der Waals surface area contributed by atoms with E-state index in [1.165, 1.54) is 33.4 Å². The molecule has 2 heteroatoms. The lowest BCUT2D eigenvalue weighted by atomic mass is 9.76. The first-order valence-electron chi connectivity index (χ1n) is 18.0. The maximum Gasteiger partial charge on any atom is 0.118 e. The average Bonchev–Trinajstić information content (AvgIpc) is 3.52. The fraction of sp³-hybridized carbons (Fsp3) is 0.0400. The predicted octanol–water partition coefficient (Wildman–Crippen LogP) is 12.3. The summed E-state index contributed by atoms with van der Waals surface area (Å²) in [5, 5.41) is 0. The van der Waals surface area contributed by atoms with Gasteiger partial charge in [0, 0.05) is 22.7 Å². The molecule has 52 heavy (non-hydrogen) atoms. The van der Waals surface area contributed by atoms with Gasteiger partial charge in [0.25, 0.3) is 0 Å². The first kappa shape index (κ1) is 31.3. The lowest BCUT2D eigenvalue weighted by molar-refractivity contribution is 0.496. The van der Waals surface area contributed by atoms with Crippen LogP contribution in [0.1, 0.15) is 33.4 Å². The highest BCUT2D eigenvalue weighted by atomic mass is 15.3. The van der Waals surface area contributed by atoms with Crippen molar-refractivity contribution in [3.8, 4) is 0 Å². The topological polar surface area (TPSA) is 6.48 Å². The monoisotopic (exact) mass is 666 g/mol. The van der Waals surface area contributed by atoms with Gasteiger partial charge in [0.1, 0.15) is 11.1 Å². The second kappa shape index (κ2) is 13.2. The number of rotatable bonds is 8. The van der Waals surface area contributed by atoms with E-state index in [0.717, 1.165) is 22.7 Å². The van der Waals surface area contributed by atoms with E-state index >= 15 is 0 Å². The van der Waals surface area contributed by atoms with E-state index in [0.29, 0.717) is 0 Å². The third-order valence-corrected chi connectivity index (χ3v) is 10.5. The van der Waals surface area contributed by atoms with Gasteiger partial charge in [0.2, 0.25) is 0 Å². The Labute approximate surface area is 306 Å². The number of benzene rings is 8. The quantitative estimate of drug-likeness (QED) is 0.159. The van der Waals surface area contributed by atoms with Gasteiger partial charge in [-0.05, 0) is 75.8 Å². The van der Waals surface area contributed by atoms with E-state index in [1.54, 1.807) is 0 Å². The minimum absolute atomic E-state index is 0.715. The summed E-state index contributed by atoms with van der Waals surface area (Å²) in [5.74, 6) is 0. The molecule has 0 saturated heterocycles. The van der Waals surface area contributed by atoms with Gasteiger partial charge in [-0.1, -0.05) is 188 Å². The van der Waals surface area contributed by atoms with Crippen LogP contribution in [0.3, 0.4) is 0 Å². The molecule has 9 rings (SSSR count). The van der Waals surface area contributed by atoms with E-state index < -0.39 is 11.1 Å². The number of para-hydroxylation sites is 2. The van der Waals surface area contributed by atoms with Crippen LogP contribution in [-0.4, -0.2) is 0 Å². The smallest absolute Gasteiger partial charge is 0.118 e. The first-order chi connectivity index (χ1) is 25.8. The summed E-state index contributed by atoms with van der Waals surface area (Å²) in [6, 6.07) is 83.8. The fourth-order valence-electron chi connectivity index (χ4n) is 8.56. The molecule has 2 nitrogen and oxygen atoms in total. The van der Waals surface area contributed by atoms with Gasteiger partial charge in [0.15, 0.2) is 0 Å². The molecule has 0 amide bonds. The maximum atomic E-state index is 2.72. The Bertz CT molecular complexity index is 2170. The second-order valence-electron chi connectivity index (χ2n) is 13.3. The summed E-state index contributed by atoms with van der Waals surface area (Å²) in [5.41, 5.74) is 10.3. The molecule has 0 aromatic heterocycles. The predicted molar refractivity (Wildman–Crippen MR) is 216 cm³/mol. The first-order valence-corrected chi connectivity index (χ1v) is 18.0. The number of hydrogen-bond acceptors (Lipinski definition) is 2. The lowest BCUT2D eigenvalue weighted by Crippen LogP contribution is -2.54. The fourth-order valence-corrected chi connectivity index (χ4v) is 8.56. The van der Waals surface area contributed by atoms with Crippen molar-refractivity contribution in [1.82, 2.24) is 0 Å². The molecule has 1 aliphatic rings. The van der Waals surface area contributed by atoms with Crippen LogP contribution in [0.25, 0.3) is 0 Å². The Morgan fingerprint density at radius 3 is 0.962 bits per heavy atom. The minimum atomic E-state index is -0.715. The number of nitrogens with zero attached hydrogens (tertiary/aromatic N) is 2. The summed E-state index contributed by atoms with van der Waals surface area (Å²) < 4.78 is 0. The standard InChI is InChI=1S/C50H38N2/c1-7-22-39(23-8-1)49(40-24-9-2-10-25-40)47-36-19-20-37-48(47)50(41-26-11-3-12-27-41,42-28-13-4-14-29-42)52(49)46-35-21-34-45(38-46)51(43-30-15-5-16-31-43)44-32-17-6-18-33-44/h1-38H. The Balaban J connectivity index is 1.44. The van der Waals surface area contributed by atoms with Crippen LogP contribution in [0.4, 0.5) is 22.7 Å². The summed E-state index contributed by atoms with van der Waals surface area (Å²) in [4.78, 5) is 5.07. The molecule has 1 heterocycles. The molecule has 0 aliphatic carbocycles. The largest absolute Gasteiger partial charge is 0.336 e. The number of anilines is 4. The molecule has 0 unspecified atom stereocenters. The number of fused-ring (bicyclic) bond motifs is 1. The highest BCUT2D eigenvalue weighted by Crippen LogP contribution is 2.62. The molecule has 0 atom stereocenters. The molecule has 0 fully saturated rings. The Kier molecular flexibility index (Phi) is 7.98. The maximum absolute atomic E-state index is 2.72. The van der Waals surface area contributed by atoms with Gasteiger partial charge in [-0.15, -0.1) is 0 Å². The van der Waals surface area contributed by atoms with Crippen molar-refractivity contribution in [3.63, 3.8) is 0 Å². The molecular weight excluding hydrogens is 629 g/mol. The molecule has 0 bridgehead atoms. The summed E-state index contributed by atoms with van der Waals surface area (Å²) in [6.07, 6.45) is 0. The van der Waals surface area contributed by atoms with Crippen LogP contribution in [0.5, 0.6) is 0 Å². The zero-order chi connectivity index (χ0) is 34.8. The molecule has 8 aromatic rings. The Morgan fingerprint density at radius 2 is 0.596 bits per heavy atom. The van der Waals surface area contributed by atoms with Crippen LogP contribution in [0, 0.1) is 0 Å². The molecule has 0 radical (unpaired) electrons. The Morgan fingerprint density at radius 1 is 0.288 bits per heavy atom. The van der Waals surface area contributed by atoms with Crippen LogP contribution < -0.4 is 9.80 Å². The van der Waals surface area contributed by atoms with Gasteiger partial charge in [0.05, 0.1) is 0 Å². The van der Waals surface area contributed by atoms with Crippen molar-refractivity contribution in [1.29, 1.82) is 0 Å². The van der Waals surface area contributed by atoms with Crippen molar-refractivity contribution in [2.45, 2.75) is 11.1 Å². The van der Waals surface area contributed by atoms with Crippen LogP contribution in [0.2, 0.25) is 0 Å². The highest BCUT2D eigenvalue weighted by molar-refractivity contribution is 5.83. The molecule has 248 valence electrons. The van der Waals surface area contributed by atoms with E-state index in [9.17, 15) is 0 Å². The SMILES string of the molecule is c1ccc(N(c2ccccc2)c2cccc(N3C(c4ccccc4)(c4ccccc4)c4ccccc4C3(c3ccccc3)c3ccccc3)c2)cc1.